The van der Waals surface area contributed by atoms with Crippen molar-refractivity contribution in [3.63, 3.8) is 0 Å². The van der Waals surface area contributed by atoms with Crippen molar-refractivity contribution < 1.29 is 24.9 Å². The standard InChI is InChI=1S/C21H27N3O5/c22-11-15(21(28)23-12-18-20(27)19(26)17(25)13-29-18)10-14-4-6-16(7-5-14)24-8-2-1-3-9-24/h4-7,10,17-20,25-27H,1-3,8-9,12-13H2,(H,23,28)/b15-10+/t17-,18+,19+,20+/m0/s1. The van der Waals surface area contributed by atoms with Crippen LogP contribution in [0.15, 0.2) is 29.8 Å². The SMILES string of the molecule is N#C/C(=C\c1ccc(N2CCCCC2)cc1)C(=O)NC[C@H]1OC[C@H](O)[C@@H](O)[C@@H]1O. The molecule has 8 nitrogen and oxygen atoms in total. The van der Waals surface area contributed by atoms with Gasteiger partial charge in [-0.15, -0.1) is 0 Å². The number of carbonyl (C=O) groups is 1. The fourth-order valence-corrected chi connectivity index (χ4v) is 3.58. The molecular weight excluding hydrogens is 374 g/mol. The van der Waals surface area contributed by atoms with Crippen LogP contribution >= 0.6 is 0 Å². The molecule has 2 aliphatic rings. The number of nitriles is 1. The first-order valence-electron chi connectivity index (χ1n) is 9.90. The topological polar surface area (TPSA) is 126 Å². The molecular formula is C21H27N3O5. The second kappa shape index (κ2) is 9.85. The molecule has 0 saturated carbocycles. The third-order valence-corrected chi connectivity index (χ3v) is 5.36. The van der Waals surface area contributed by atoms with E-state index in [1.807, 2.05) is 30.3 Å². The van der Waals surface area contributed by atoms with E-state index in [-0.39, 0.29) is 18.7 Å². The van der Waals surface area contributed by atoms with Gasteiger partial charge >= 0.3 is 0 Å². The summed E-state index contributed by atoms with van der Waals surface area (Å²) in [7, 11) is 0. The van der Waals surface area contributed by atoms with Crippen LogP contribution in [0.3, 0.4) is 0 Å². The molecule has 8 heteroatoms. The molecule has 1 aromatic rings. The van der Waals surface area contributed by atoms with Gasteiger partial charge in [-0.05, 0) is 43.0 Å². The van der Waals surface area contributed by atoms with Crippen LogP contribution in [0.1, 0.15) is 24.8 Å². The van der Waals surface area contributed by atoms with Gasteiger partial charge in [0.1, 0.15) is 36.1 Å². The number of hydrogen-bond acceptors (Lipinski definition) is 7. The zero-order valence-electron chi connectivity index (χ0n) is 16.2. The first-order valence-corrected chi connectivity index (χ1v) is 9.90. The van der Waals surface area contributed by atoms with Gasteiger partial charge in [-0.3, -0.25) is 4.79 Å². The quantitative estimate of drug-likeness (QED) is 0.410. The summed E-state index contributed by atoms with van der Waals surface area (Å²) >= 11 is 0. The van der Waals surface area contributed by atoms with Crippen molar-refractivity contribution in [2.24, 2.45) is 0 Å². The predicted octanol–water partition coefficient (Wildman–Crippen LogP) is 0.182. The van der Waals surface area contributed by atoms with Gasteiger partial charge in [0.25, 0.3) is 5.91 Å². The van der Waals surface area contributed by atoms with E-state index in [1.165, 1.54) is 25.3 Å². The highest BCUT2D eigenvalue weighted by atomic mass is 16.5. The molecule has 0 aliphatic carbocycles. The summed E-state index contributed by atoms with van der Waals surface area (Å²) in [6, 6.07) is 9.62. The molecule has 156 valence electrons. The smallest absolute Gasteiger partial charge is 0.262 e. The molecule has 0 unspecified atom stereocenters. The lowest BCUT2D eigenvalue weighted by molar-refractivity contribution is -0.185. The van der Waals surface area contributed by atoms with Gasteiger partial charge in [0, 0.05) is 25.3 Å². The Bertz CT molecular complexity index is 768. The van der Waals surface area contributed by atoms with Crippen molar-refractivity contribution in [1.29, 1.82) is 5.26 Å². The summed E-state index contributed by atoms with van der Waals surface area (Å²) in [4.78, 5) is 14.7. The fraction of sp³-hybridized carbons (Fsp3) is 0.524. The zero-order chi connectivity index (χ0) is 20.8. The number of rotatable bonds is 5. The minimum atomic E-state index is -1.34. The van der Waals surface area contributed by atoms with Crippen LogP contribution in [0.25, 0.3) is 6.08 Å². The third-order valence-electron chi connectivity index (χ3n) is 5.36. The van der Waals surface area contributed by atoms with Gasteiger partial charge < -0.3 is 30.3 Å². The van der Waals surface area contributed by atoms with E-state index in [9.17, 15) is 25.4 Å². The number of nitrogens with one attached hydrogen (secondary N) is 1. The number of ether oxygens (including phenoxy) is 1. The number of aliphatic hydroxyl groups is 3. The Morgan fingerprint density at radius 1 is 1.17 bits per heavy atom. The Kier molecular flexibility index (Phi) is 7.23. The zero-order valence-corrected chi connectivity index (χ0v) is 16.2. The Hall–Kier alpha value is -2.44. The van der Waals surface area contributed by atoms with Crippen LogP contribution in [-0.2, 0) is 9.53 Å². The van der Waals surface area contributed by atoms with E-state index in [0.29, 0.717) is 0 Å². The second-order valence-corrected chi connectivity index (χ2v) is 7.44. The molecule has 4 atom stereocenters. The number of amides is 1. The molecule has 0 aromatic heterocycles. The molecule has 1 aromatic carbocycles. The van der Waals surface area contributed by atoms with Crippen molar-refractivity contribution in [2.45, 2.75) is 43.7 Å². The molecule has 2 saturated heterocycles. The van der Waals surface area contributed by atoms with Gasteiger partial charge in [-0.25, -0.2) is 0 Å². The summed E-state index contributed by atoms with van der Waals surface area (Å²) in [6.45, 7) is 1.86. The number of aliphatic hydroxyl groups excluding tert-OH is 3. The van der Waals surface area contributed by atoms with E-state index in [0.717, 1.165) is 24.3 Å². The van der Waals surface area contributed by atoms with E-state index in [4.69, 9.17) is 4.74 Å². The van der Waals surface area contributed by atoms with Crippen molar-refractivity contribution >= 4 is 17.7 Å². The Labute approximate surface area is 170 Å². The van der Waals surface area contributed by atoms with Gasteiger partial charge in [0.05, 0.1) is 6.61 Å². The third kappa shape index (κ3) is 5.34. The molecule has 0 spiro atoms. The molecule has 0 bridgehead atoms. The van der Waals surface area contributed by atoms with Gasteiger partial charge in [-0.1, -0.05) is 12.1 Å². The average Bonchev–Trinajstić information content (AvgIpc) is 2.76. The molecule has 1 amide bonds. The normalized spacial score (nSPS) is 27.9. The Balaban J connectivity index is 1.59. The average molecular weight is 401 g/mol. The van der Waals surface area contributed by atoms with E-state index >= 15 is 0 Å². The first kappa shape index (κ1) is 21.3. The lowest BCUT2D eigenvalue weighted by Crippen LogP contribution is -2.56. The maximum absolute atomic E-state index is 12.3. The summed E-state index contributed by atoms with van der Waals surface area (Å²) in [5.41, 5.74) is 1.81. The van der Waals surface area contributed by atoms with Crippen LogP contribution < -0.4 is 10.2 Å². The second-order valence-electron chi connectivity index (χ2n) is 7.44. The van der Waals surface area contributed by atoms with Gasteiger partial charge in [0.15, 0.2) is 0 Å². The van der Waals surface area contributed by atoms with Crippen molar-refractivity contribution in [3.05, 3.63) is 35.4 Å². The van der Waals surface area contributed by atoms with Crippen LogP contribution in [0.5, 0.6) is 0 Å². The van der Waals surface area contributed by atoms with E-state index in [1.54, 1.807) is 0 Å². The molecule has 2 fully saturated rings. The minimum Gasteiger partial charge on any atom is -0.388 e. The number of benzene rings is 1. The van der Waals surface area contributed by atoms with Crippen LogP contribution in [0.2, 0.25) is 0 Å². The first-order chi connectivity index (χ1) is 14.0. The van der Waals surface area contributed by atoms with Gasteiger partial charge in [-0.2, -0.15) is 5.26 Å². The number of carbonyl (C=O) groups excluding carboxylic acids is 1. The summed E-state index contributed by atoms with van der Waals surface area (Å²) in [5, 5.41) is 40.9. The summed E-state index contributed by atoms with van der Waals surface area (Å²) in [6.07, 6.45) is 0.462. The fourth-order valence-electron chi connectivity index (χ4n) is 3.58. The predicted molar refractivity (Wildman–Crippen MR) is 107 cm³/mol. The highest BCUT2D eigenvalue weighted by molar-refractivity contribution is 6.01. The maximum atomic E-state index is 12.3. The van der Waals surface area contributed by atoms with Crippen LogP contribution in [-0.4, -0.2) is 71.9 Å². The molecule has 29 heavy (non-hydrogen) atoms. The monoisotopic (exact) mass is 401 g/mol. The van der Waals surface area contributed by atoms with Gasteiger partial charge in [0.2, 0.25) is 0 Å². The molecule has 3 rings (SSSR count). The largest absolute Gasteiger partial charge is 0.388 e. The highest BCUT2D eigenvalue weighted by Crippen LogP contribution is 2.21. The molecule has 0 radical (unpaired) electrons. The maximum Gasteiger partial charge on any atom is 0.262 e. The van der Waals surface area contributed by atoms with Crippen molar-refractivity contribution in [1.82, 2.24) is 5.32 Å². The Morgan fingerprint density at radius 2 is 1.86 bits per heavy atom. The number of piperidine rings is 1. The summed E-state index contributed by atoms with van der Waals surface area (Å²) in [5.74, 6) is -0.594. The molecule has 4 N–H and O–H groups in total. The number of anilines is 1. The van der Waals surface area contributed by atoms with E-state index in [2.05, 4.69) is 10.2 Å². The number of hydrogen-bond donors (Lipinski definition) is 4. The van der Waals surface area contributed by atoms with Crippen LogP contribution in [0.4, 0.5) is 5.69 Å². The molecule has 2 aliphatic heterocycles. The van der Waals surface area contributed by atoms with Crippen LogP contribution in [0, 0.1) is 11.3 Å². The lowest BCUT2D eigenvalue weighted by Gasteiger charge is -2.35. The lowest BCUT2D eigenvalue weighted by atomic mass is 10.00. The van der Waals surface area contributed by atoms with Crippen molar-refractivity contribution in [2.75, 3.05) is 31.1 Å². The number of nitrogens with zero attached hydrogens (tertiary/aromatic N) is 2. The van der Waals surface area contributed by atoms with E-state index < -0.39 is 30.3 Å². The Morgan fingerprint density at radius 3 is 2.52 bits per heavy atom. The molecule has 2 heterocycles. The minimum absolute atomic E-state index is 0.0680. The summed E-state index contributed by atoms with van der Waals surface area (Å²) < 4.78 is 5.24. The van der Waals surface area contributed by atoms with Crippen molar-refractivity contribution in [3.8, 4) is 6.07 Å². The highest BCUT2D eigenvalue weighted by Gasteiger charge is 2.37.